The van der Waals surface area contributed by atoms with Gasteiger partial charge < -0.3 is 4.98 Å². The molecule has 0 aliphatic carbocycles. The van der Waals surface area contributed by atoms with E-state index in [0.717, 1.165) is 22.3 Å². The van der Waals surface area contributed by atoms with Crippen LogP contribution < -0.4 is 0 Å². The molecule has 0 bridgehead atoms. The Bertz CT molecular complexity index is 550. The van der Waals surface area contributed by atoms with E-state index in [1.165, 1.54) is 0 Å². The Labute approximate surface area is 80.0 Å². The summed E-state index contributed by atoms with van der Waals surface area (Å²) in [4.78, 5) is 7.26. The van der Waals surface area contributed by atoms with Gasteiger partial charge in [-0.15, -0.1) is 0 Å². The lowest BCUT2D eigenvalue weighted by atomic mass is 10.1. The van der Waals surface area contributed by atoms with Gasteiger partial charge in [-0.1, -0.05) is 0 Å². The molecule has 0 aliphatic rings. The van der Waals surface area contributed by atoms with Gasteiger partial charge in [0, 0.05) is 23.3 Å². The van der Waals surface area contributed by atoms with E-state index in [4.69, 9.17) is 0 Å². The van der Waals surface area contributed by atoms with Crippen molar-refractivity contribution >= 4 is 10.9 Å². The summed E-state index contributed by atoms with van der Waals surface area (Å²) >= 11 is 0. The van der Waals surface area contributed by atoms with Crippen molar-refractivity contribution in [1.82, 2.24) is 20.2 Å². The predicted molar refractivity (Wildman–Crippen MR) is 53.7 cm³/mol. The molecule has 0 spiro atoms. The number of rotatable bonds is 1. The molecule has 68 valence electrons. The van der Waals surface area contributed by atoms with E-state index >= 15 is 0 Å². The van der Waals surface area contributed by atoms with Crippen LogP contribution in [0, 0.1) is 0 Å². The summed E-state index contributed by atoms with van der Waals surface area (Å²) in [6.45, 7) is 0. The van der Waals surface area contributed by atoms with Gasteiger partial charge in [0.05, 0.1) is 11.7 Å². The minimum Gasteiger partial charge on any atom is -0.345 e. The summed E-state index contributed by atoms with van der Waals surface area (Å²) in [7, 11) is 0. The number of nitrogens with zero attached hydrogens (tertiary/aromatic N) is 2. The number of fused-ring (bicyclic) bond motifs is 1. The lowest BCUT2D eigenvalue weighted by molar-refractivity contribution is 1.12. The van der Waals surface area contributed by atoms with E-state index in [2.05, 4.69) is 26.2 Å². The van der Waals surface area contributed by atoms with Crippen molar-refractivity contribution in [2.24, 2.45) is 0 Å². The zero-order valence-corrected chi connectivity index (χ0v) is 7.36. The molecule has 0 radical (unpaired) electrons. The summed E-state index contributed by atoms with van der Waals surface area (Å²) in [5, 5.41) is 7.98. The van der Waals surface area contributed by atoms with Gasteiger partial charge in [0.15, 0.2) is 0 Å². The fourth-order valence-corrected chi connectivity index (χ4v) is 1.51. The number of nitrogens with one attached hydrogen (secondary N) is 2. The van der Waals surface area contributed by atoms with Crippen molar-refractivity contribution in [2.75, 3.05) is 0 Å². The van der Waals surface area contributed by atoms with Crippen molar-refractivity contribution in [3.8, 4) is 11.4 Å². The van der Waals surface area contributed by atoms with Crippen LogP contribution in [0.1, 0.15) is 0 Å². The first-order chi connectivity index (χ1) is 6.93. The van der Waals surface area contributed by atoms with Crippen molar-refractivity contribution in [2.45, 2.75) is 0 Å². The lowest BCUT2D eigenvalue weighted by Gasteiger charge is -1.95. The van der Waals surface area contributed by atoms with E-state index in [-0.39, 0.29) is 0 Å². The molecule has 14 heavy (non-hydrogen) atoms. The highest BCUT2D eigenvalue weighted by molar-refractivity contribution is 5.82. The number of aromatic nitrogens is 4. The second kappa shape index (κ2) is 2.70. The average Bonchev–Trinajstić information content (AvgIpc) is 2.88. The van der Waals surface area contributed by atoms with Gasteiger partial charge in [-0.2, -0.15) is 5.10 Å². The van der Waals surface area contributed by atoms with Crippen LogP contribution in [-0.4, -0.2) is 20.2 Å². The molecule has 0 saturated heterocycles. The molecule has 0 amide bonds. The van der Waals surface area contributed by atoms with Crippen LogP contribution in [-0.2, 0) is 0 Å². The molecule has 2 heterocycles. The molecule has 4 nitrogen and oxygen atoms in total. The maximum atomic E-state index is 4.19. The highest BCUT2D eigenvalue weighted by Crippen LogP contribution is 2.19. The Morgan fingerprint density at radius 3 is 3.07 bits per heavy atom. The van der Waals surface area contributed by atoms with Crippen molar-refractivity contribution in [1.29, 1.82) is 0 Å². The van der Waals surface area contributed by atoms with Gasteiger partial charge in [0.2, 0.25) is 0 Å². The highest BCUT2D eigenvalue weighted by atomic mass is 15.1. The summed E-state index contributed by atoms with van der Waals surface area (Å²) < 4.78 is 0. The third kappa shape index (κ3) is 1.01. The molecule has 2 aromatic heterocycles. The quantitative estimate of drug-likeness (QED) is 0.607. The SMILES string of the molecule is c1c[nH]c(-c2ccc3[nH]ncc3c2)n1. The maximum Gasteiger partial charge on any atom is 0.137 e. The highest BCUT2D eigenvalue weighted by Gasteiger charge is 2.01. The van der Waals surface area contributed by atoms with Gasteiger partial charge >= 0.3 is 0 Å². The Hall–Kier alpha value is -2.10. The smallest absolute Gasteiger partial charge is 0.137 e. The van der Waals surface area contributed by atoms with Crippen molar-refractivity contribution < 1.29 is 0 Å². The zero-order chi connectivity index (χ0) is 9.38. The number of hydrogen-bond donors (Lipinski definition) is 2. The molecule has 0 fully saturated rings. The number of imidazole rings is 1. The number of benzene rings is 1. The van der Waals surface area contributed by atoms with Gasteiger partial charge in [-0.05, 0) is 18.2 Å². The van der Waals surface area contributed by atoms with E-state index < -0.39 is 0 Å². The normalized spacial score (nSPS) is 10.9. The van der Waals surface area contributed by atoms with E-state index in [1.807, 2.05) is 24.5 Å². The minimum atomic E-state index is 0.883. The van der Waals surface area contributed by atoms with Crippen LogP contribution >= 0.6 is 0 Å². The Morgan fingerprint density at radius 2 is 2.21 bits per heavy atom. The first-order valence-electron chi connectivity index (χ1n) is 4.36. The van der Waals surface area contributed by atoms with E-state index in [1.54, 1.807) is 6.20 Å². The van der Waals surface area contributed by atoms with Crippen molar-refractivity contribution in [3.05, 3.63) is 36.8 Å². The van der Waals surface area contributed by atoms with Crippen molar-refractivity contribution in [3.63, 3.8) is 0 Å². The third-order valence-corrected chi connectivity index (χ3v) is 2.21. The zero-order valence-electron chi connectivity index (χ0n) is 7.36. The molecule has 3 rings (SSSR count). The molecular weight excluding hydrogens is 176 g/mol. The topological polar surface area (TPSA) is 57.4 Å². The van der Waals surface area contributed by atoms with Crippen LogP contribution in [0.4, 0.5) is 0 Å². The Balaban J connectivity index is 2.23. The Kier molecular flexibility index (Phi) is 1.41. The molecular formula is C10H8N4. The molecule has 0 saturated carbocycles. The second-order valence-corrected chi connectivity index (χ2v) is 3.11. The van der Waals surface area contributed by atoms with E-state index in [0.29, 0.717) is 0 Å². The predicted octanol–water partition coefficient (Wildman–Crippen LogP) is 1.95. The molecule has 4 heteroatoms. The summed E-state index contributed by atoms with van der Waals surface area (Å²) in [6.07, 6.45) is 5.37. The first kappa shape index (κ1) is 7.32. The molecule has 2 N–H and O–H groups in total. The second-order valence-electron chi connectivity index (χ2n) is 3.11. The van der Waals surface area contributed by atoms with Crippen LogP contribution in [0.15, 0.2) is 36.8 Å². The third-order valence-electron chi connectivity index (χ3n) is 2.21. The largest absolute Gasteiger partial charge is 0.345 e. The van der Waals surface area contributed by atoms with Gasteiger partial charge in [0.25, 0.3) is 0 Å². The van der Waals surface area contributed by atoms with Crippen LogP contribution in [0.2, 0.25) is 0 Å². The summed E-state index contributed by atoms with van der Waals surface area (Å²) in [6, 6.07) is 6.07. The van der Waals surface area contributed by atoms with Crippen LogP contribution in [0.5, 0.6) is 0 Å². The average molecular weight is 184 g/mol. The molecule has 0 aliphatic heterocycles. The molecule has 0 unspecified atom stereocenters. The van der Waals surface area contributed by atoms with Crippen LogP contribution in [0.3, 0.4) is 0 Å². The summed E-state index contributed by atoms with van der Waals surface area (Å²) in [5.41, 5.74) is 2.12. The Morgan fingerprint density at radius 1 is 1.21 bits per heavy atom. The molecule has 3 aromatic rings. The molecule has 1 aromatic carbocycles. The van der Waals surface area contributed by atoms with Gasteiger partial charge in [-0.25, -0.2) is 4.98 Å². The van der Waals surface area contributed by atoms with E-state index in [9.17, 15) is 0 Å². The van der Waals surface area contributed by atoms with Crippen LogP contribution in [0.25, 0.3) is 22.3 Å². The lowest BCUT2D eigenvalue weighted by Crippen LogP contribution is -1.79. The first-order valence-corrected chi connectivity index (χ1v) is 4.36. The van der Waals surface area contributed by atoms with Gasteiger partial charge in [0.1, 0.15) is 5.82 Å². The number of aromatic amines is 2. The number of hydrogen-bond acceptors (Lipinski definition) is 2. The fraction of sp³-hybridized carbons (Fsp3) is 0. The standard InChI is InChI=1S/C10H8N4/c1-2-9-8(6-13-14-9)5-7(1)10-11-3-4-12-10/h1-6H,(H,11,12)(H,13,14). The number of H-pyrrole nitrogens is 2. The molecule has 0 atom stereocenters. The fourth-order valence-electron chi connectivity index (χ4n) is 1.51. The van der Waals surface area contributed by atoms with Gasteiger partial charge in [-0.3, -0.25) is 5.10 Å². The monoisotopic (exact) mass is 184 g/mol. The summed E-state index contributed by atoms with van der Waals surface area (Å²) in [5.74, 6) is 0.883. The maximum absolute atomic E-state index is 4.19. The minimum absolute atomic E-state index is 0.883.